The van der Waals surface area contributed by atoms with Crippen molar-refractivity contribution in [2.24, 2.45) is 0 Å². The zero-order chi connectivity index (χ0) is 11.4. The molecule has 0 atom stereocenters. The number of carbonyl (C=O) groups excluding carboxylic acids is 1. The molecular weight excluding hydrogens is 224 g/mol. The molecule has 0 saturated heterocycles. The van der Waals surface area contributed by atoms with Gasteiger partial charge in [-0.25, -0.2) is 0 Å². The molecule has 1 N–H and O–H groups in total. The largest absolute Gasteiger partial charge is 0.447 e. The van der Waals surface area contributed by atoms with Gasteiger partial charge in [0.25, 0.3) is 0 Å². The summed E-state index contributed by atoms with van der Waals surface area (Å²) >= 11 is 1.30. The van der Waals surface area contributed by atoms with E-state index in [0.29, 0.717) is 15.7 Å². The molecule has 2 aromatic rings. The van der Waals surface area contributed by atoms with E-state index in [0.717, 1.165) is 11.8 Å². The van der Waals surface area contributed by atoms with E-state index < -0.39 is 0 Å². The minimum absolute atomic E-state index is 0.0224. The molecule has 0 bridgehead atoms. The number of rotatable bonds is 4. The molecule has 0 amide bonds. The maximum atomic E-state index is 10.5. The summed E-state index contributed by atoms with van der Waals surface area (Å²) in [5.74, 6) is 0.691. The highest BCUT2D eigenvalue weighted by Gasteiger charge is 2.01. The van der Waals surface area contributed by atoms with E-state index in [4.69, 9.17) is 9.84 Å². The highest BCUT2D eigenvalue weighted by Crippen LogP contribution is 2.28. The van der Waals surface area contributed by atoms with Crippen LogP contribution in [0.3, 0.4) is 0 Å². The number of ether oxygens (including phenoxy) is 1. The molecule has 16 heavy (non-hydrogen) atoms. The topological polar surface area (TPSA) is 46.5 Å². The fourth-order valence-electron chi connectivity index (χ4n) is 1.23. The number of hydrogen-bond donors (Lipinski definition) is 1. The van der Waals surface area contributed by atoms with Crippen LogP contribution in [0.15, 0.2) is 36.4 Å². The van der Waals surface area contributed by atoms with Crippen LogP contribution < -0.4 is 4.74 Å². The molecule has 0 fully saturated rings. The van der Waals surface area contributed by atoms with Crippen molar-refractivity contribution >= 4 is 17.6 Å². The number of aliphatic hydroxyl groups excluding tert-OH is 1. The molecule has 1 aromatic carbocycles. The SMILES string of the molecule is O=Cc1ccc(Oc2ccc(CO)cc2)s1. The van der Waals surface area contributed by atoms with E-state index in [2.05, 4.69) is 0 Å². The van der Waals surface area contributed by atoms with Crippen molar-refractivity contribution in [2.75, 3.05) is 0 Å². The minimum Gasteiger partial charge on any atom is -0.447 e. The van der Waals surface area contributed by atoms with Crippen LogP contribution in [0, 0.1) is 0 Å². The quantitative estimate of drug-likeness (QED) is 0.827. The van der Waals surface area contributed by atoms with Gasteiger partial charge in [-0.3, -0.25) is 4.79 Å². The third-order valence-corrected chi connectivity index (χ3v) is 2.93. The van der Waals surface area contributed by atoms with Crippen LogP contribution in [-0.2, 0) is 6.61 Å². The predicted molar refractivity (Wildman–Crippen MR) is 62.1 cm³/mol. The van der Waals surface area contributed by atoms with Crippen LogP contribution in [0.5, 0.6) is 10.8 Å². The molecule has 0 saturated carbocycles. The predicted octanol–water partition coefficient (Wildman–Crippen LogP) is 2.85. The van der Waals surface area contributed by atoms with Crippen molar-refractivity contribution < 1.29 is 14.6 Å². The lowest BCUT2D eigenvalue weighted by molar-refractivity contribution is 0.112. The first-order valence-corrected chi connectivity index (χ1v) is 5.56. The Kier molecular flexibility index (Phi) is 3.34. The van der Waals surface area contributed by atoms with Crippen LogP contribution in [0.1, 0.15) is 15.2 Å². The van der Waals surface area contributed by atoms with E-state index in [9.17, 15) is 4.79 Å². The van der Waals surface area contributed by atoms with Crippen molar-refractivity contribution in [3.8, 4) is 10.8 Å². The molecule has 1 heterocycles. The molecule has 4 heteroatoms. The number of aliphatic hydroxyl groups is 1. The zero-order valence-corrected chi connectivity index (χ0v) is 9.24. The third-order valence-electron chi connectivity index (χ3n) is 2.04. The number of carbonyl (C=O) groups is 1. The monoisotopic (exact) mass is 234 g/mol. The fourth-order valence-corrected chi connectivity index (χ4v) is 1.92. The van der Waals surface area contributed by atoms with Crippen LogP contribution in [0.2, 0.25) is 0 Å². The average molecular weight is 234 g/mol. The second-order valence-electron chi connectivity index (χ2n) is 3.18. The molecule has 0 unspecified atom stereocenters. The van der Waals surface area contributed by atoms with Gasteiger partial charge < -0.3 is 9.84 Å². The van der Waals surface area contributed by atoms with E-state index in [-0.39, 0.29) is 6.61 Å². The van der Waals surface area contributed by atoms with Crippen molar-refractivity contribution in [3.05, 3.63) is 46.8 Å². The van der Waals surface area contributed by atoms with Gasteiger partial charge in [0, 0.05) is 0 Å². The lowest BCUT2D eigenvalue weighted by Gasteiger charge is -2.02. The number of hydrogen-bond acceptors (Lipinski definition) is 4. The van der Waals surface area contributed by atoms with Gasteiger partial charge in [0.1, 0.15) is 5.75 Å². The average Bonchev–Trinajstić information content (AvgIpc) is 2.78. The Labute approximate surface area is 96.9 Å². The summed E-state index contributed by atoms with van der Waals surface area (Å²) in [5, 5.41) is 9.56. The summed E-state index contributed by atoms with van der Waals surface area (Å²) in [5.41, 5.74) is 0.840. The molecule has 0 radical (unpaired) electrons. The first-order chi connectivity index (χ1) is 7.81. The molecule has 0 aliphatic carbocycles. The van der Waals surface area contributed by atoms with Gasteiger partial charge in [-0.15, -0.1) is 0 Å². The highest BCUT2D eigenvalue weighted by molar-refractivity contribution is 7.15. The first kappa shape index (κ1) is 10.9. The minimum atomic E-state index is 0.0224. The highest BCUT2D eigenvalue weighted by atomic mass is 32.1. The molecule has 1 aromatic heterocycles. The normalized spacial score (nSPS) is 10.1. The zero-order valence-electron chi connectivity index (χ0n) is 8.42. The fraction of sp³-hybridized carbons (Fsp3) is 0.0833. The second kappa shape index (κ2) is 4.92. The van der Waals surface area contributed by atoms with E-state index in [1.165, 1.54) is 11.3 Å². The summed E-state index contributed by atoms with van der Waals surface area (Å²) in [6, 6.07) is 10.6. The molecule has 82 valence electrons. The van der Waals surface area contributed by atoms with Gasteiger partial charge in [0.2, 0.25) is 0 Å². The summed E-state index contributed by atoms with van der Waals surface area (Å²) in [7, 11) is 0. The van der Waals surface area contributed by atoms with E-state index >= 15 is 0 Å². The Morgan fingerprint density at radius 1 is 1.19 bits per heavy atom. The Hall–Kier alpha value is -1.65. The maximum absolute atomic E-state index is 10.5. The molecule has 3 nitrogen and oxygen atoms in total. The van der Waals surface area contributed by atoms with Gasteiger partial charge in [-0.2, -0.15) is 0 Å². The Balaban J connectivity index is 2.10. The van der Waals surface area contributed by atoms with Crippen LogP contribution in [0.25, 0.3) is 0 Å². The Morgan fingerprint density at radius 2 is 1.94 bits per heavy atom. The molecule has 0 spiro atoms. The van der Waals surface area contributed by atoms with Gasteiger partial charge in [0.15, 0.2) is 11.3 Å². The van der Waals surface area contributed by atoms with Gasteiger partial charge in [0.05, 0.1) is 11.5 Å². The molecular formula is C12H10O3S. The van der Waals surface area contributed by atoms with Crippen LogP contribution in [0.4, 0.5) is 0 Å². The van der Waals surface area contributed by atoms with Crippen molar-refractivity contribution in [1.29, 1.82) is 0 Å². The van der Waals surface area contributed by atoms with Crippen molar-refractivity contribution in [3.63, 3.8) is 0 Å². The standard InChI is InChI=1S/C12H10O3S/c13-7-9-1-3-10(4-2-9)15-12-6-5-11(8-14)16-12/h1-6,8,13H,7H2. The lowest BCUT2D eigenvalue weighted by atomic mass is 10.2. The summed E-state index contributed by atoms with van der Waals surface area (Å²) in [4.78, 5) is 11.1. The molecule has 0 aliphatic rings. The van der Waals surface area contributed by atoms with Crippen molar-refractivity contribution in [2.45, 2.75) is 6.61 Å². The summed E-state index contributed by atoms with van der Waals surface area (Å²) < 4.78 is 5.54. The smallest absolute Gasteiger partial charge is 0.181 e. The van der Waals surface area contributed by atoms with Crippen LogP contribution in [-0.4, -0.2) is 11.4 Å². The number of aldehydes is 1. The van der Waals surface area contributed by atoms with E-state index in [1.54, 1.807) is 36.4 Å². The van der Waals surface area contributed by atoms with E-state index in [1.807, 2.05) is 0 Å². The first-order valence-electron chi connectivity index (χ1n) is 4.74. The maximum Gasteiger partial charge on any atom is 0.181 e. The number of thiophene rings is 1. The van der Waals surface area contributed by atoms with Crippen LogP contribution >= 0.6 is 11.3 Å². The molecule has 0 aliphatic heterocycles. The summed E-state index contributed by atoms with van der Waals surface area (Å²) in [6.45, 7) is 0.0224. The van der Waals surface area contributed by atoms with Gasteiger partial charge in [-0.1, -0.05) is 23.5 Å². The molecule has 2 rings (SSSR count). The van der Waals surface area contributed by atoms with Gasteiger partial charge >= 0.3 is 0 Å². The number of benzene rings is 1. The van der Waals surface area contributed by atoms with Crippen molar-refractivity contribution in [1.82, 2.24) is 0 Å². The Morgan fingerprint density at radius 3 is 2.50 bits per heavy atom. The van der Waals surface area contributed by atoms with Gasteiger partial charge in [-0.05, 0) is 29.8 Å². The third kappa shape index (κ3) is 2.48. The Bertz CT molecular complexity index is 473. The second-order valence-corrected chi connectivity index (χ2v) is 4.26. The summed E-state index contributed by atoms with van der Waals surface area (Å²) in [6.07, 6.45) is 0.798. The lowest BCUT2D eigenvalue weighted by Crippen LogP contribution is -1.84.